The Morgan fingerprint density at radius 2 is 2.03 bits per heavy atom. The average molecular weight is 444 g/mol. The van der Waals surface area contributed by atoms with Crippen molar-refractivity contribution in [2.75, 3.05) is 23.5 Å². The first-order chi connectivity index (χ1) is 14.7. The van der Waals surface area contributed by atoms with E-state index in [9.17, 15) is 18.3 Å². The third kappa shape index (κ3) is 4.40. The molecule has 3 N–H and O–H groups in total. The van der Waals surface area contributed by atoms with E-state index in [0.717, 1.165) is 19.1 Å². The van der Waals surface area contributed by atoms with E-state index in [0.29, 0.717) is 33.7 Å². The maximum absolute atomic E-state index is 12.7. The molecule has 1 aliphatic rings. The lowest BCUT2D eigenvalue weighted by Gasteiger charge is -2.17. The summed E-state index contributed by atoms with van der Waals surface area (Å²) in [5.74, 6) is 0.459. The van der Waals surface area contributed by atoms with Gasteiger partial charge in [0, 0.05) is 31.0 Å². The van der Waals surface area contributed by atoms with Gasteiger partial charge in [0.25, 0.3) is 5.56 Å². The van der Waals surface area contributed by atoms with Crippen LogP contribution in [0.1, 0.15) is 19.8 Å². The number of rotatable bonds is 7. The highest BCUT2D eigenvalue weighted by molar-refractivity contribution is 7.90. The molecule has 0 bridgehead atoms. The zero-order valence-electron chi connectivity index (χ0n) is 17.6. The lowest BCUT2D eigenvalue weighted by Crippen LogP contribution is -2.21. The summed E-state index contributed by atoms with van der Waals surface area (Å²) >= 11 is 0. The molecule has 3 aromatic rings. The topological polar surface area (TPSA) is 126 Å². The Bertz CT molecular complexity index is 1320. The zero-order chi connectivity index (χ0) is 22.3. The fraction of sp³-hybridized carbons (Fsp3) is 0.381. The van der Waals surface area contributed by atoms with E-state index in [4.69, 9.17) is 0 Å². The molecule has 2 heterocycles. The molecule has 1 aliphatic carbocycles. The maximum atomic E-state index is 12.7. The fourth-order valence-corrected chi connectivity index (χ4v) is 4.18. The van der Waals surface area contributed by atoms with Crippen molar-refractivity contribution in [3.63, 3.8) is 0 Å². The molecule has 1 saturated carbocycles. The van der Waals surface area contributed by atoms with Crippen molar-refractivity contribution in [1.82, 2.24) is 14.5 Å². The van der Waals surface area contributed by atoms with Gasteiger partial charge in [0.2, 0.25) is 0 Å². The summed E-state index contributed by atoms with van der Waals surface area (Å²) in [6, 6.07) is 6.64. The second-order valence-electron chi connectivity index (χ2n) is 8.04. The van der Waals surface area contributed by atoms with Crippen LogP contribution in [-0.2, 0) is 16.9 Å². The average Bonchev–Trinajstić information content (AvgIpc) is 3.54. The smallest absolute Gasteiger partial charge is 0.264 e. The molecule has 0 radical (unpaired) electrons. The number of aliphatic hydroxyl groups is 1. The van der Waals surface area contributed by atoms with Gasteiger partial charge in [-0.15, -0.1) is 0 Å². The molecule has 0 saturated heterocycles. The van der Waals surface area contributed by atoms with Crippen molar-refractivity contribution in [1.29, 1.82) is 0 Å². The molecule has 0 amide bonds. The molecule has 10 heteroatoms. The Labute approximate surface area is 180 Å². The van der Waals surface area contributed by atoms with E-state index in [1.165, 1.54) is 10.9 Å². The number of fused-ring (bicyclic) bond motifs is 1. The first-order valence-electron chi connectivity index (χ1n) is 10.0. The Morgan fingerprint density at radius 1 is 1.29 bits per heavy atom. The molecular formula is C21H25N5O4S. The Balaban J connectivity index is 1.88. The monoisotopic (exact) mass is 443 g/mol. The molecule has 4 rings (SSSR count). The highest BCUT2D eigenvalue weighted by Gasteiger charge is 2.24. The second-order valence-corrected chi connectivity index (χ2v) is 10.0. The number of hydrogen-bond donors (Lipinski definition) is 3. The summed E-state index contributed by atoms with van der Waals surface area (Å²) in [7, 11) is -1.91. The fourth-order valence-electron chi connectivity index (χ4n) is 3.31. The largest absolute Gasteiger partial charge is 0.394 e. The summed E-state index contributed by atoms with van der Waals surface area (Å²) in [5, 5.41) is 16.0. The summed E-state index contributed by atoms with van der Waals surface area (Å²) in [6.45, 7) is 1.63. The number of aliphatic hydroxyl groups excluding tert-OH is 1. The van der Waals surface area contributed by atoms with Gasteiger partial charge in [-0.25, -0.2) is 18.4 Å². The lowest BCUT2D eigenvalue weighted by molar-refractivity contribution is 0.281. The van der Waals surface area contributed by atoms with E-state index in [1.807, 2.05) is 0 Å². The molecular weight excluding hydrogens is 418 g/mol. The van der Waals surface area contributed by atoms with E-state index >= 15 is 0 Å². The Morgan fingerprint density at radius 3 is 2.68 bits per heavy atom. The van der Waals surface area contributed by atoms with Gasteiger partial charge in [0.15, 0.2) is 9.84 Å². The number of benzene rings is 1. The number of hydrogen-bond acceptors (Lipinski definition) is 8. The first-order valence-corrected chi connectivity index (χ1v) is 11.9. The zero-order valence-corrected chi connectivity index (χ0v) is 18.4. The highest BCUT2D eigenvalue weighted by atomic mass is 32.2. The predicted octanol–water partition coefficient (Wildman–Crippen LogP) is 1.77. The number of sulfone groups is 1. The molecule has 0 aliphatic heterocycles. The van der Waals surface area contributed by atoms with E-state index in [1.54, 1.807) is 38.2 Å². The third-order valence-electron chi connectivity index (χ3n) is 5.17. The van der Waals surface area contributed by atoms with Gasteiger partial charge in [-0.05, 0) is 38.0 Å². The van der Waals surface area contributed by atoms with Crippen molar-refractivity contribution < 1.29 is 13.5 Å². The molecule has 164 valence electrons. The molecule has 9 nitrogen and oxygen atoms in total. The standard InChI is InChI=1S/C21H25N5O4S/c1-12(10-27)23-15-7-4-13(8-18(15)31(3,29)30)16-9-17-19(21(28)26(2)11-22-17)20(25-16)24-14-5-6-14/h4,7-9,11-12,14,23,27H,5-6,10H2,1-3H3,(H,24,25)/t12-/m0/s1. The number of pyridine rings is 1. The number of aryl methyl sites for hydroxylation is 1. The van der Waals surface area contributed by atoms with Crippen LogP contribution in [0.5, 0.6) is 0 Å². The summed E-state index contributed by atoms with van der Waals surface area (Å²) in [6.07, 6.45) is 4.62. The molecule has 2 aromatic heterocycles. The second kappa shape index (κ2) is 7.93. The van der Waals surface area contributed by atoms with Gasteiger partial charge in [-0.3, -0.25) is 4.79 Å². The molecule has 1 fully saturated rings. The van der Waals surface area contributed by atoms with Crippen LogP contribution < -0.4 is 16.2 Å². The maximum Gasteiger partial charge on any atom is 0.264 e. The van der Waals surface area contributed by atoms with Gasteiger partial charge in [0.05, 0.1) is 34.7 Å². The van der Waals surface area contributed by atoms with Gasteiger partial charge < -0.3 is 20.3 Å². The number of anilines is 2. The van der Waals surface area contributed by atoms with Crippen LogP contribution in [0.2, 0.25) is 0 Å². The van der Waals surface area contributed by atoms with Gasteiger partial charge in [-0.1, -0.05) is 6.07 Å². The van der Waals surface area contributed by atoms with Gasteiger partial charge in [0.1, 0.15) is 11.2 Å². The van der Waals surface area contributed by atoms with Crippen LogP contribution in [0, 0.1) is 0 Å². The summed E-state index contributed by atoms with van der Waals surface area (Å²) in [4.78, 5) is 21.9. The number of nitrogens with zero attached hydrogens (tertiary/aromatic N) is 3. The molecule has 31 heavy (non-hydrogen) atoms. The Kier molecular flexibility index (Phi) is 5.44. The molecule has 1 atom stereocenters. The lowest BCUT2D eigenvalue weighted by atomic mass is 10.1. The summed E-state index contributed by atoms with van der Waals surface area (Å²) in [5.41, 5.74) is 1.82. The van der Waals surface area contributed by atoms with Crippen molar-refractivity contribution in [2.45, 2.75) is 36.7 Å². The van der Waals surface area contributed by atoms with Crippen LogP contribution in [0.15, 0.2) is 40.3 Å². The van der Waals surface area contributed by atoms with Crippen LogP contribution in [0.3, 0.4) is 0 Å². The molecule has 0 unspecified atom stereocenters. The minimum atomic E-state index is -3.55. The van der Waals surface area contributed by atoms with Crippen molar-refractivity contribution in [3.05, 3.63) is 40.9 Å². The first kappa shape index (κ1) is 21.3. The van der Waals surface area contributed by atoms with E-state index < -0.39 is 9.84 Å². The number of nitrogens with one attached hydrogen (secondary N) is 2. The SMILES string of the molecule is C[C@@H](CO)Nc1ccc(-c2cc3ncn(C)c(=O)c3c(NC3CC3)n2)cc1S(C)(=O)=O. The highest BCUT2D eigenvalue weighted by Crippen LogP contribution is 2.32. The minimum absolute atomic E-state index is 0.112. The number of aromatic nitrogens is 3. The van der Waals surface area contributed by atoms with Gasteiger partial charge in [-0.2, -0.15) is 0 Å². The summed E-state index contributed by atoms with van der Waals surface area (Å²) < 4.78 is 26.3. The Hall–Kier alpha value is -2.98. The van der Waals surface area contributed by atoms with Crippen molar-refractivity contribution >= 4 is 32.2 Å². The van der Waals surface area contributed by atoms with Crippen LogP contribution in [0.4, 0.5) is 11.5 Å². The molecule has 0 spiro atoms. The van der Waals surface area contributed by atoms with E-state index in [-0.39, 0.29) is 29.1 Å². The normalized spacial score (nSPS) is 15.1. The van der Waals surface area contributed by atoms with Crippen molar-refractivity contribution in [3.8, 4) is 11.3 Å². The minimum Gasteiger partial charge on any atom is -0.394 e. The molecule has 1 aromatic carbocycles. The van der Waals surface area contributed by atoms with Gasteiger partial charge >= 0.3 is 0 Å². The van der Waals surface area contributed by atoms with E-state index in [2.05, 4.69) is 20.6 Å². The van der Waals surface area contributed by atoms with Crippen molar-refractivity contribution in [2.24, 2.45) is 7.05 Å². The van der Waals surface area contributed by atoms with Crippen LogP contribution in [-0.4, -0.2) is 53.0 Å². The van der Waals surface area contributed by atoms with Crippen LogP contribution in [0.25, 0.3) is 22.2 Å². The third-order valence-corrected chi connectivity index (χ3v) is 6.31. The quantitative estimate of drug-likeness (QED) is 0.504. The van der Waals surface area contributed by atoms with Crippen LogP contribution >= 0.6 is 0 Å². The predicted molar refractivity (Wildman–Crippen MR) is 120 cm³/mol.